The summed E-state index contributed by atoms with van der Waals surface area (Å²) in [5, 5.41) is 0.629. The first-order valence-corrected chi connectivity index (χ1v) is 9.16. The Morgan fingerprint density at radius 1 is 1.08 bits per heavy atom. The lowest BCUT2D eigenvalue weighted by Crippen LogP contribution is -2.38. The predicted molar refractivity (Wildman–Crippen MR) is 103 cm³/mol. The van der Waals surface area contributed by atoms with Crippen molar-refractivity contribution in [1.29, 1.82) is 0 Å². The molecule has 1 fully saturated rings. The first kappa shape index (κ1) is 16.8. The van der Waals surface area contributed by atoms with Crippen LogP contribution in [0.25, 0.3) is 16.6 Å². The number of likely N-dealkylation sites (tertiary alicyclic amines) is 1. The minimum absolute atomic E-state index is 0.0451. The van der Waals surface area contributed by atoms with Gasteiger partial charge in [-0.1, -0.05) is 12.1 Å². The van der Waals surface area contributed by atoms with Crippen LogP contribution in [0.3, 0.4) is 0 Å². The number of para-hydroxylation sites is 1. The molecule has 5 nitrogen and oxygen atoms in total. The van der Waals surface area contributed by atoms with Gasteiger partial charge in [0.1, 0.15) is 11.6 Å². The van der Waals surface area contributed by atoms with Gasteiger partial charge in [0.05, 0.1) is 23.2 Å². The minimum atomic E-state index is -0.0451. The predicted octanol–water partition coefficient (Wildman–Crippen LogP) is 3.17. The lowest BCUT2D eigenvalue weighted by Gasteiger charge is -2.30. The van der Waals surface area contributed by atoms with Crippen molar-refractivity contribution in [2.45, 2.75) is 19.8 Å². The number of hydrogen-bond acceptors (Lipinski definition) is 4. The summed E-state index contributed by atoms with van der Waals surface area (Å²) < 4.78 is 7.47. The van der Waals surface area contributed by atoms with Crippen molar-refractivity contribution >= 4 is 10.9 Å². The summed E-state index contributed by atoms with van der Waals surface area (Å²) in [6.45, 7) is 6.13. The highest BCUT2D eigenvalue weighted by Crippen LogP contribution is 2.17. The molecule has 1 aromatic heterocycles. The molecule has 4 rings (SSSR count). The van der Waals surface area contributed by atoms with Crippen molar-refractivity contribution in [3.8, 4) is 11.4 Å². The van der Waals surface area contributed by atoms with E-state index in [1.54, 1.807) is 4.57 Å². The third kappa shape index (κ3) is 3.35. The van der Waals surface area contributed by atoms with Gasteiger partial charge in [-0.05, 0) is 69.3 Å². The molecule has 2 aromatic carbocycles. The van der Waals surface area contributed by atoms with Crippen LogP contribution in [-0.2, 0) is 0 Å². The van der Waals surface area contributed by atoms with Gasteiger partial charge in [-0.3, -0.25) is 9.36 Å². The van der Waals surface area contributed by atoms with Crippen LogP contribution in [0.5, 0.6) is 5.75 Å². The Kier molecular flexibility index (Phi) is 4.71. The van der Waals surface area contributed by atoms with Crippen molar-refractivity contribution in [2.75, 3.05) is 26.2 Å². The van der Waals surface area contributed by atoms with E-state index in [-0.39, 0.29) is 5.56 Å². The number of rotatable bonds is 6. The SMILES string of the molecule is Cc1nc2ccccc2c(=O)n1-c1ccc(OCCCN2CCC2)cc1. The number of aromatic nitrogens is 2. The minimum Gasteiger partial charge on any atom is -0.494 e. The summed E-state index contributed by atoms with van der Waals surface area (Å²) in [4.78, 5) is 19.8. The molecule has 0 unspecified atom stereocenters. The van der Waals surface area contributed by atoms with Gasteiger partial charge in [-0.2, -0.15) is 0 Å². The Labute approximate surface area is 152 Å². The number of hydrogen-bond donors (Lipinski definition) is 0. The second kappa shape index (κ2) is 7.30. The summed E-state index contributed by atoms with van der Waals surface area (Å²) in [6, 6.07) is 15.1. The molecule has 0 radical (unpaired) electrons. The fourth-order valence-electron chi connectivity index (χ4n) is 3.32. The Bertz CT molecular complexity index is 959. The van der Waals surface area contributed by atoms with Crippen LogP contribution < -0.4 is 10.3 Å². The smallest absolute Gasteiger partial charge is 0.265 e. The fraction of sp³-hybridized carbons (Fsp3) is 0.333. The average Bonchev–Trinajstić information content (AvgIpc) is 2.61. The first-order valence-electron chi connectivity index (χ1n) is 9.16. The molecule has 0 aliphatic carbocycles. The molecule has 26 heavy (non-hydrogen) atoms. The van der Waals surface area contributed by atoms with Gasteiger partial charge in [0.2, 0.25) is 0 Å². The largest absolute Gasteiger partial charge is 0.494 e. The van der Waals surface area contributed by atoms with Gasteiger partial charge in [0, 0.05) is 6.54 Å². The van der Waals surface area contributed by atoms with E-state index in [1.807, 2.05) is 55.5 Å². The maximum absolute atomic E-state index is 12.8. The summed E-state index contributed by atoms with van der Waals surface area (Å²) in [7, 11) is 0. The molecule has 1 aliphatic heterocycles. The van der Waals surface area contributed by atoms with E-state index in [0.717, 1.165) is 29.9 Å². The van der Waals surface area contributed by atoms with E-state index in [9.17, 15) is 4.79 Å². The molecule has 0 bridgehead atoms. The topological polar surface area (TPSA) is 47.4 Å². The van der Waals surface area contributed by atoms with Gasteiger partial charge >= 0.3 is 0 Å². The van der Waals surface area contributed by atoms with Crippen molar-refractivity contribution in [3.63, 3.8) is 0 Å². The Morgan fingerprint density at radius 2 is 1.85 bits per heavy atom. The monoisotopic (exact) mass is 349 g/mol. The number of aryl methyl sites for hydroxylation is 1. The lowest BCUT2D eigenvalue weighted by atomic mass is 10.2. The molecule has 134 valence electrons. The maximum atomic E-state index is 12.8. The van der Waals surface area contributed by atoms with E-state index < -0.39 is 0 Å². The maximum Gasteiger partial charge on any atom is 0.265 e. The van der Waals surface area contributed by atoms with Crippen molar-refractivity contribution in [2.24, 2.45) is 0 Å². The van der Waals surface area contributed by atoms with Gasteiger partial charge in [0.25, 0.3) is 5.56 Å². The van der Waals surface area contributed by atoms with E-state index in [4.69, 9.17) is 4.74 Å². The van der Waals surface area contributed by atoms with E-state index in [0.29, 0.717) is 17.8 Å². The number of ether oxygens (including phenoxy) is 1. The van der Waals surface area contributed by atoms with E-state index >= 15 is 0 Å². The zero-order chi connectivity index (χ0) is 17.9. The first-order chi connectivity index (χ1) is 12.7. The normalized spacial score (nSPS) is 14.3. The summed E-state index contributed by atoms with van der Waals surface area (Å²) in [6.07, 6.45) is 2.36. The molecule has 2 heterocycles. The third-order valence-corrected chi connectivity index (χ3v) is 4.87. The highest BCUT2D eigenvalue weighted by molar-refractivity contribution is 5.77. The molecular weight excluding hydrogens is 326 g/mol. The van der Waals surface area contributed by atoms with Crippen LogP contribution in [0.1, 0.15) is 18.7 Å². The highest BCUT2D eigenvalue weighted by Gasteiger charge is 2.12. The standard InChI is InChI=1S/C21H23N3O2/c1-16-22-20-7-3-2-6-19(20)21(25)24(16)17-8-10-18(11-9-17)26-15-5-14-23-12-4-13-23/h2-3,6-11H,4-5,12-15H2,1H3. The molecule has 0 spiro atoms. The quantitative estimate of drug-likeness (QED) is 0.642. The van der Waals surface area contributed by atoms with Crippen LogP contribution in [0.15, 0.2) is 53.3 Å². The van der Waals surface area contributed by atoms with Crippen molar-refractivity contribution in [3.05, 3.63) is 64.7 Å². The van der Waals surface area contributed by atoms with Crippen LogP contribution in [0.4, 0.5) is 0 Å². The average molecular weight is 349 g/mol. The molecule has 0 saturated carbocycles. The highest BCUT2D eigenvalue weighted by atomic mass is 16.5. The second-order valence-corrected chi connectivity index (χ2v) is 6.71. The molecule has 3 aromatic rings. The molecule has 1 aliphatic rings. The Hall–Kier alpha value is -2.66. The van der Waals surface area contributed by atoms with Crippen molar-refractivity contribution in [1.82, 2.24) is 14.5 Å². The van der Waals surface area contributed by atoms with Gasteiger partial charge in [-0.25, -0.2) is 4.98 Å². The van der Waals surface area contributed by atoms with Crippen LogP contribution >= 0.6 is 0 Å². The van der Waals surface area contributed by atoms with Crippen LogP contribution in [0.2, 0.25) is 0 Å². The fourth-order valence-corrected chi connectivity index (χ4v) is 3.32. The van der Waals surface area contributed by atoms with Crippen LogP contribution in [0, 0.1) is 6.92 Å². The molecule has 0 amide bonds. The van der Waals surface area contributed by atoms with Gasteiger partial charge < -0.3 is 9.64 Å². The van der Waals surface area contributed by atoms with Gasteiger partial charge in [-0.15, -0.1) is 0 Å². The molecule has 5 heteroatoms. The Morgan fingerprint density at radius 3 is 2.58 bits per heavy atom. The summed E-state index contributed by atoms with van der Waals surface area (Å²) in [5.41, 5.74) is 1.49. The number of fused-ring (bicyclic) bond motifs is 1. The van der Waals surface area contributed by atoms with Gasteiger partial charge in [0.15, 0.2) is 0 Å². The zero-order valence-electron chi connectivity index (χ0n) is 15.0. The Balaban J connectivity index is 1.49. The van der Waals surface area contributed by atoms with E-state index in [2.05, 4.69) is 9.88 Å². The number of nitrogens with zero attached hydrogens (tertiary/aromatic N) is 3. The molecule has 0 atom stereocenters. The van der Waals surface area contributed by atoms with Crippen LogP contribution in [-0.4, -0.2) is 40.7 Å². The molecule has 0 N–H and O–H groups in total. The third-order valence-electron chi connectivity index (χ3n) is 4.87. The van der Waals surface area contributed by atoms with Crippen molar-refractivity contribution < 1.29 is 4.74 Å². The summed E-state index contributed by atoms with van der Waals surface area (Å²) in [5.74, 6) is 1.51. The lowest BCUT2D eigenvalue weighted by molar-refractivity contribution is 0.165. The second-order valence-electron chi connectivity index (χ2n) is 6.71. The molecular formula is C21H23N3O2. The number of benzene rings is 2. The summed E-state index contributed by atoms with van der Waals surface area (Å²) >= 11 is 0. The zero-order valence-corrected chi connectivity index (χ0v) is 15.0. The van der Waals surface area contributed by atoms with E-state index in [1.165, 1.54) is 19.5 Å². The molecule has 1 saturated heterocycles.